The summed E-state index contributed by atoms with van der Waals surface area (Å²) < 4.78 is 10.6. The molecule has 0 spiro atoms. The van der Waals surface area contributed by atoms with Crippen LogP contribution in [0.15, 0.2) is 15.7 Å². The van der Waals surface area contributed by atoms with E-state index in [1.165, 1.54) is 7.11 Å². The van der Waals surface area contributed by atoms with E-state index in [4.69, 9.17) is 4.74 Å². The second kappa shape index (κ2) is 9.40. The van der Waals surface area contributed by atoms with Crippen molar-refractivity contribution >= 4 is 33.8 Å². The first-order chi connectivity index (χ1) is 12.1. The highest BCUT2D eigenvalue weighted by Gasteiger charge is 2.22. The van der Waals surface area contributed by atoms with E-state index in [0.29, 0.717) is 24.8 Å². The molecule has 0 unspecified atom stereocenters. The van der Waals surface area contributed by atoms with Gasteiger partial charge in [-0.1, -0.05) is 0 Å². The van der Waals surface area contributed by atoms with Crippen LogP contribution in [-0.4, -0.2) is 80.8 Å². The van der Waals surface area contributed by atoms with E-state index in [2.05, 4.69) is 50.7 Å². The molecule has 10 heteroatoms. The van der Waals surface area contributed by atoms with E-state index in [-0.39, 0.29) is 5.97 Å². The maximum absolute atomic E-state index is 11.2. The van der Waals surface area contributed by atoms with Gasteiger partial charge in [0.25, 0.3) is 0 Å². The number of hydrogen-bond acceptors (Lipinski definition) is 7. The second-order valence-corrected chi connectivity index (χ2v) is 6.16. The van der Waals surface area contributed by atoms with Gasteiger partial charge in [-0.25, -0.2) is 4.98 Å². The molecule has 0 aromatic carbocycles. The molecular formula is C15H23BrN6O3. The van der Waals surface area contributed by atoms with Gasteiger partial charge in [-0.05, 0) is 15.9 Å². The summed E-state index contributed by atoms with van der Waals surface area (Å²) in [6, 6.07) is 0. The van der Waals surface area contributed by atoms with Gasteiger partial charge in [0.2, 0.25) is 11.8 Å². The van der Waals surface area contributed by atoms with Crippen LogP contribution in [-0.2, 0) is 9.53 Å². The highest BCUT2D eigenvalue weighted by Crippen LogP contribution is 2.23. The quantitative estimate of drug-likeness (QED) is 0.423. The van der Waals surface area contributed by atoms with Crippen molar-refractivity contribution in [2.45, 2.75) is 6.42 Å². The van der Waals surface area contributed by atoms with Crippen molar-refractivity contribution in [1.82, 2.24) is 20.2 Å². The summed E-state index contributed by atoms with van der Waals surface area (Å²) in [4.78, 5) is 28.5. The monoisotopic (exact) mass is 414 g/mol. The number of methoxy groups -OCH3 is 2. The van der Waals surface area contributed by atoms with Gasteiger partial charge in [0.05, 0.1) is 31.3 Å². The number of esters is 1. The highest BCUT2D eigenvalue weighted by atomic mass is 79.9. The molecule has 1 aromatic heterocycles. The van der Waals surface area contributed by atoms with Gasteiger partial charge in [-0.15, -0.1) is 0 Å². The first-order valence-electron chi connectivity index (χ1n) is 7.93. The maximum atomic E-state index is 11.2. The van der Waals surface area contributed by atoms with Crippen LogP contribution in [0.2, 0.25) is 0 Å². The predicted octanol–water partition coefficient (Wildman–Crippen LogP) is 0.508. The summed E-state index contributed by atoms with van der Waals surface area (Å²) in [5.74, 6) is 1.70. The van der Waals surface area contributed by atoms with Crippen LogP contribution in [0.25, 0.3) is 0 Å². The number of halogens is 1. The van der Waals surface area contributed by atoms with Gasteiger partial charge in [0.15, 0.2) is 5.96 Å². The van der Waals surface area contributed by atoms with Crippen molar-refractivity contribution in [3.8, 4) is 5.88 Å². The molecule has 1 aromatic rings. The fourth-order valence-electron chi connectivity index (χ4n) is 2.47. The van der Waals surface area contributed by atoms with E-state index in [1.807, 2.05) is 0 Å². The third-order valence-electron chi connectivity index (χ3n) is 3.81. The summed E-state index contributed by atoms with van der Waals surface area (Å²) >= 11 is 3.36. The average molecular weight is 415 g/mol. The van der Waals surface area contributed by atoms with Crippen LogP contribution in [0.4, 0.5) is 5.95 Å². The topological polar surface area (TPSA) is 92.2 Å². The zero-order valence-corrected chi connectivity index (χ0v) is 16.2. The average Bonchev–Trinajstić information content (AvgIpc) is 2.65. The fourth-order valence-corrected chi connectivity index (χ4v) is 2.82. The molecule has 0 radical (unpaired) electrons. The van der Waals surface area contributed by atoms with Crippen molar-refractivity contribution in [2.75, 3.05) is 58.9 Å². The number of ether oxygens (including phenoxy) is 2. The highest BCUT2D eigenvalue weighted by molar-refractivity contribution is 9.10. The fraction of sp³-hybridized carbons (Fsp3) is 0.600. The molecule has 9 nitrogen and oxygen atoms in total. The Balaban J connectivity index is 1.88. The molecule has 0 amide bonds. The van der Waals surface area contributed by atoms with Crippen molar-refractivity contribution in [3.05, 3.63) is 10.7 Å². The summed E-state index contributed by atoms with van der Waals surface area (Å²) in [5, 5.41) is 3.18. The summed E-state index contributed by atoms with van der Waals surface area (Å²) in [7, 11) is 4.70. The smallest absolute Gasteiger partial charge is 0.307 e. The van der Waals surface area contributed by atoms with Crippen LogP contribution in [0, 0.1) is 0 Å². The standard InChI is InChI=1S/C15H23BrN6O3/c1-17-14(18-5-4-12(23)24-2)21-6-8-22(9-7-21)15-19-10-11(16)13(20-15)25-3/h10H,4-9H2,1-3H3,(H,17,18). The minimum atomic E-state index is -0.242. The SMILES string of the molecule is CN=C(NCCC(=O)OC)N1CCN(c2ncc(Br)c(OC)n2)CC1. The van der Waals surface area contributed by atoms with Crippen molar-refractivity contribution in [3.63, 3.8) is 0 Å². The predicted molar refractivity (Wildman–Crippen MR) is 98.1 cm³/mol. The normalized spacial score (nSPS) is 15.1. The zero-order chi connectivity index (χ0) is 18.2. The Hall–Kier alpha value is -2.10. The number of nitrogens with one attached hydrogen (secondary N) is 1. The Bertz CT molecular complexity index is 619. The third kappa shape index (κ3) is 5.18. The van der Waals surface area contributed by atoms with Gasteiger partial charge >= 0.3 is 5.97 Å². The molecule has 0 bridgehead atoms. The van der Waals surface area contributed by atoms with E-state index >= 15 is 0 Å². The molecule has 1 aliphatic heterocycles. The van der Waals surface area contributed by atoms with Crippen molar-refractivity contribution in [1.29, 1.82) is 0 Å². The van der Waals surface area contributed by atoms with Gasteiger partial charge in [-0.3, -0.25) is 9.79 Å². The van der Waals surface area contributed by atoms with Crippen molar-refractivity contribution in [2.24, 2.45) is 4.99 Å². The number of guanidine groups is 1. The molecule has 0 saturated carbocycles. The third-order valence-corrected chi connectivity index (χ3v) is 4.35. The Morgan fingerprint density at radius 2 is 2.08 bits per heavy atom. The van der Waals surface area contributed by atoms with Crippen LogP contribution in [0.1, 0.15) is 6.42 Å². The van der Waals surface area contributed by atoms with Gasteiger partial charge in [0, 0.05) is 39.8 Å². The first-order valence-corrected chi connectivity index (χ1v) is 8.72. The zero-order valence-electron chi connectivity index (χ0n) is 14.7. The number of nitrogens with zero attached hydrogens (tertiary/aromatic N) is 5. The lowest BCUT2D eigenvalue weighted by Gasteiger charge is -2.36. The number of aliphatic imine (C=N–C) groups is 1. The number of rotatable bonds is 5. The molecule has 1 fully saturated rings. The van der Waals surface area contributed by atoms with E-state index in [9.17, 15) is 4.79 Å². The minimum absolute atomic E-state index is 0.242. The molecule has 2 heterocycles. The molecule has 0 aliphatic carbocycles. The Kier molecular flexibility index (Phi) is 7.23. The maximum Gasteiger partial charge on any atom is 0.307 e. The molecule has 1 saturated heterocycles. The number of anilines is 1. The Morgan fingerprint density at radius 1 is 1.36 bits per heavy atom. The number of piperazine rings is 1. The molecule has 0 atom stereocenters. The van der Waals surface area contributed by atoms with Crippen LogP contribution < -0.4 is 15.0 Å². The lowest BCUT2D eigenvalue weighted by Crippen LogP contribution is -2.53. The van der Waals surface area contributed by atoms with Crippen LogP contribution in [0.3, 0.4) is 0 Å². The summed E-state index contributed by atoms with van der Waals surface area (Å²) in [5.41, 5.74) is 0. The molecular weight excluding hydrogens is 392 g/mol. The lowest BCUT2D eigenvalue weighted by molar-refractivity contribution is -0.140. The van der Waals surface area contributed by atoms with E-state index in [1.54, 1.807) is 20.4 Å². The lowest BCUT2D eigenvalue weighted by atomic mass is 10.3. The first kappa shape index (κ1) is 19.2. The van der Waals surface area contributed by atoms with Crippen molar-refractivity contribution < 1.29 is 14.3 Å². The number of aromatic nitrogens is 2. The summed E-state index contributed by atoms with van der Waals surface area (Å²) in [6.45, 7) is 3.58. The molecule has 25 heavy (non-hydrogen) atoms. The minimum Gasteiger partial charge on any atom is -0.480 e. The summed E-state index contributed by atoms with van der Waals surface area (Å²) in [6.07, 6.45) is 2.00. The Morgan fingerprint density at radius 3 is 2.68 bits per heavy atom. The second-order valence-electron chi connectivity index (χ2n) is 5.30. The Labute approximate surface area is 155 Å². The van der Waals surface area contributed by atoms with Crippen LogP contribution >= 0.6 is 15.9 Å². The molecule has 138 valence electrons. The van der Waals surface area contributed by atoms with E-state index in [0.717, 1.165) is 36.6 Å². The van der Waals surface area contributed by atoms with E-state index < -0.39 is 0 Å². The van der Waals surface area contributed by atoms with Gasteiger partial charge in [-0.2, -0.15) is 4.98 Å². The largest absolute Gasteiger partial charge is 0.480 e. The van der Waals surface area contributed by atoms with Gasteiger partial charge in [0.1, 0.15) is 0 Å². The number of carbonyl (C=O) groups is 1. The number of hydrogen-bond donors (Lipinski definition) is 1. The molecule has 1 aliphatic rings. The molecule has 2 rings (SSSR count). The van der Waals surface area contributed by atoms with Crippen LogP contribution in [0.5, 0.6) is 5.88 Å². The number of carbonyl (C=O) groups excluding carboxylic acids is 1. The van der Waals surface area contributed by atoms with Gasteiger partial charge < -0.3 is 24.6 Å². The molecule has 1 N–H and O–H groups in total.